The first-order chi connectivity index (χ1) is 6.81. The monoisotopic (exact) mass is 239 g/mol. The predicted octanol–water partition coefficient (Wildman–Crippen LogP) is 0.556. The van der Waals surface area contributed by atoms with Crippen molar-refractivity contribution in [3.63, 3.8) is 0 Å². The Morgan fingerprint density at radius 1 is 1.40 bits per heavy atom. The Labute approximate surface area is 90.2 Å². The molecule has 0 N–H and O–H groups in total. The zero-order chi connectivity index (χ0) is 11.6. The van der Waals surface area contributed by atoms with E-state index in [2.05, 4.69) is 9.28 Å². The number of hydrogen-bond acceptors (Lipinski definition) is 4. The maximum absolute atomic E-state index is 10.8. The molecule has 0 saturated carbocycles. The van der Waals surface area contributed by atoms with Gasteiger partial charge in [-0.2, -0.15) is 13.5 Å². The van der Waals surface area contributed by atoms with Gasteiger partial charge in [0.25, 0.3) is 10.1 Å². The number of aryl methyl sites for hydroxylation is 2. The Morgan fingerprint density at radius 2 is 2.00 bits per heavy atom. The van der Waals surface area contributed by atoms with E-state index in [9.17, 15) is 8.42 Å². The average molecular weight is 239 g/mol. The van der Waals surface area contributed by atoms with E-state index >= 15 is 0 Å². The highest BCUT2D eigenvalue weighted by atomic mass is 32.2. The van der Waals surface area contributed by atoms with Crippen molar-refractivity contribution in [3.8, 4) is 0 Å². The standard InChI is InChI=1S/C9H16N2O3S/c1-7-9(8(2)11(3)10-7)5-6-14-15(4,12)13/h5-6H2,1-4H3/i1+1,2+1,5+1,6+1,7+1,8+1,9+1. The molecule has 86 valence electrons. The second-order valence-corrected chi connectivity index (χ2v) is 5.19. The Morgan fingerprint density at radius 3 is 2.40 bits per heavy atom. The molecule has 0 aliphatic carbocycles. The van der Waals surface area contributed by atoms with Crippen molar-refractivity contribution < 1.29 is 12.6 Å². The Balaban J connectivity index is 2.66. The van der Waals surface area contributed by atoms with Crippen LogP contribution >= 0.6 is 0 Å². The Hall–Kier alpha value is -0.880. The Kier molecular flexibility index (Phi) is 3.51. The third-order valence-electron chi connectivity index (χ3n) is 2.31. The first-order valence-corrected chi connectivity index (χ1v) is 6.46. The van der Waals surface area contributed by atoms with Gasteiger partial charge in [-0.05, 0) is 19.4 Å². The summed E-state index contributed by atoms with van der Waals surface area (Å²) in [5, 5.41) is 4.24. The van der Waals surface area contributed by atoms with Crippen molar-refractivity contribution in [3.05, 3.63) is 17.0 Å². The van der Waals surface area contributed by atoms with Crippen LogP contribution in [0.3, 0.4) is 0 Å². The van der Waals surface area contributed by atoms with Crippen molar-refractivity contribution in [1.82, 2.24) is 9.78 Å². The summed E-state index contributed by atoms with van der Waals surface area (Å²) in [5.41, 5.74) is 3.03. The van der Waals surface area contributed by atoms with Gasteiger partial charge in [0.2, 0.25) is 0 Å². The average Bonchev–Trinajstić information content (AvgIpc) is 2.29. The minimum Gasteiger partial charge on any atom is -0.272 e. The van der Waals surface area contributed by atoms with Crippen molar-refractivity contribution in [2.75, 3.05) is 12.9 Å². The lowest BCUT2D eigenvalue weighted by atomic mass is 11.1. The molecule has 6 heteroatoms. The molecule has 15 heavy (non-hydrogen) atoms. The molecule has 0 atom stereocenters. The van der Waals surface area contributed by atoms with E-state index in [0.717, 1.165) is 23.2 Å². The predicted molar refractivity (Wildman–Crippen MR) is 57.2 cm³/mol. The zero-order valence-electron chi connectivity index (χ0n) is 9.44. The van der Waals surface area contributed by atoms with Gasteiger partial charge in [-0.1, -0.05) is 0 Å². The molecule has 0 aliphatic rings. The summed E-state index contributed by atoms with van der Waals surface area (Å²) in [6.45, 7) is 4.03. The number of rotatable bonds is 4. The fraction of sp³-hybridized carbons (Fsp3) is 0.667. The molecule has 0 fully saturated rings. The van der Waals surface area contributed by atoms with Crippen LogP contribution in [0.15, 0.2) is 0 Å². The molecule has 0 bridgehead atoms. The summed E-state index contributed by atoms with van der Waals surface area (Å²) in [6.07, 6.45) is 1.62. The number of hydrogen-bond donors (Lipinski definition) is 0. The highest BCUT2D eigenvalue weighted by molar-refractivity contribution is 7.85. The van der Waals surface area contributed by atoms with Crippen molar-refractivity contribution in [1.29, 1.82) is 0 Å². The fourth-order valence-corrected chi connectivity index (χ4v) is 1.86. The SMILES string of the molecule is Cn1n[13c]([13CH3])[13c]([13CH2][13CH2]OS(C)(=O)=O)[13c]1[13CH3]. The molecular weight excluding hydrogens is 223 g/mol. The van der Waals surface area contributed by atoms with Crippen LogP contribution in [0, 0.1) is 13.8 Å². The number of nitrogens with zero attached hydrogens (tertiary/aromatic N) is 2. The maximum atomic E-state index is 10.8. The second kappa shape index (κ2) is 4.32. The third-order valence-corrected chi connectivity index (χ3v) is 2.90. The summed E-state index contributed by atoms with van der Waals surface area (Å²) in [7, 11) is -1.48. The first kappa shape index (κ1) is 12.2. The minimum absolute atomic E-state index is 0.173. The largest absolute Gasteiger partial charge is 0.272 e. The van der Waals surface area contributed by atoms with Gasteiger partial charge in [-0.15, -0.1) is 0 Å². The van der Waals surface area contributed by atoms with E-state index in [1.54, 1.807) is 4.68 Å². The molecule has 0 aromatic carbocycles. The van der Waals surface area contributed by atoms with E-state index < -0.39 is 10.1 Å². The van der Waals surface area contributed by atoms with Crippen LogP contribution in [0.1, 0.15) is 17.0 Å². The quantitative estimate of drug-likeness (QED) is 0.569. The molecular formula is C9H16N2O3S. The summed E-state index contributed by atoms with van der Waals surface area (Å²) < 4.78 is 28.0. The summed E-state index contributed by atoms with van der Waals surface area (Å²) in [4.78, 5) is 0. The Bertz CT molecular complexity index is 448. The van der Waals surface area contributed by atoms with Gasteiger partial charge in [0, 0.05) is 19.2 Å². The van der Waals surface area contributed by atoms with Crippen LogP contribution in [0.25, 0.3) is 0 Å². The van der Waals surface area contributed by atoms with Gasteiger partial charge < -0.3 is 0 Å². The van der Waals surface area contributed by atoms with Gasteiger partial charge in [-0.25, -0.2) is 0 Å². The van der Waals surface area contributed by atoms with Crippen LogP contribution < -0.4 is 0 Å². The minimum atomic E-state index is -3.34. The van der Waals surface area contributed by atoms with Gasteiger partial charge >= 0.3 is 0 Å². The van der Waals surface area contributed by atoms with Crippen LogP contribution in [0.5, 0.6) is 0 Å². The van der Waals surface area contributed by atoms with Gasteiger partial charge in [-0.3, -0.25) is 8.86 Å². The third kappa shape index (κ3) is 3.32. The molecule has 0 radical (unpaired) electrons. The number of aromatic nitrogens is 2. The van der Waals surface area contributed by atoms with E-state index in [1.165, 1.54) is 0 Å². The van der Waals surface area contributed by atoms with Crippen LogP contribution in [0.2, 0.25) is 0 Å². The smallest absolute Gasteiger partial charge is 0.264 e. The highest BCUT2D eigenvalue weighted by Crippen LogP contribution is 2.12. The van der Waals surface area contributed by atoms with E-state index in [1.807, 2.05) is 20.9 Å². The van der Waals surface area contributed by atoms with Gasteiger partial charge in [0.1, 0.15) is 0 Å². The first-order valence-electron chi connectivity index (χ1n) is 4.64. The normalized spacial score (nSPS) is 12.0. The van der Waals surface area contributed by atoms with Crippen molar-refractivity contribution in [2.24, 2.45) is 7.05 Å². The van der Waals surface area contributed by atoms with E-state index in [4.69, 9.17) is 0 Å². The lowest BCUT2D eigenvalue weighted by Crippen LogP contribution is -2.07. The fourth-order valence-electron chi connectivity index (χ4n) is 1.47. The van der Waals surface area contributed by atoms with Crippen LogP contribution in [-0.2, 0) is 27.8 Å². The van der Waals surface area contributed by atoms with E-state index in [0.29, 0.717) is 6.42 Å². The molecule has 0 aliphatic heterocycles. The molecule has 1 rings (SSSR count). The molecule has 0 unspecified atom stereocenters. The molecule has 0 spiro atoms. The summed E-state index contributed by atoms with van der Waals surface area (Å²) >= 11 is 0. The molecule has 0 saturated heterocycles. The van der Waals surface area contributed by atoms with E-state index in [-0.39, 0.29) is 6.61 Å². The molecule has 5 nitrogen and oxygen atoms in total. The van der Waals surface area contributed by atoms with Crippen LogP contribution in [0.4, 0.5) is 0 Å². The molecule has 0 amide bonds. The molecule has 1 aromatic heterocycles. The lowest BCUT2D eigenvalue weighted by molar-refractivity contribution is 0.325. The topological polar surface area (TPSA) is 61.2 Å². The molecule has 1 heterocycles. The summed E-state index contributed by atoms with van der Waals surface area (Å²) in [5.74, 6) is 0. The van der Waals surface area contributed by atoms with Crippen molar-refractivity contribution in [2.45, 2.75) is 20.3 Å². The molecule has 1 aromatic rings. The maximum Gasteiger partial charge on any atom is 0.264 e. The van der Waals surface area contributed by atoms with Crippen LogP contribution in [-0.4, -0.2) is 31.1 Å². The van der Waals surface area contributed by atoms with Crippen molar-refractivity contribution >= 4 is 10.1 Å². The lowest BCUT2D eigenvalue weighted by Gasteiger charge is -2.02. The van der Waals surface area contributed by atoms with Gasteiger partial charge in [0.15, 0.2) is 0 Å². The van der Waals surface area contributed by atoms with Gasteiger partial charge in [0.05, 0.1) is 18.6 Å². The second-order valence-electron chi connectivity index (χ2n) is 3.55. The summed E-state index contributed by atoms with van der Waals surface area (Å²) in [6, 6.07) is 0. The highest BCUT2D eigenvalue weighted by Gasteiger charge is 2.10. The zero-order valence-corrected chi connectivity index (χ0v) is 10.3.